The van der Waals surface area contributed by atoms with E-state index in [-0.39, 0.29) is 18.2 Å². The van der Waals surface area contributed by atoms with Gasteiger partial charge in [-0.1, -0.05) is 33.6 Å². The molecular weight excluding hydrogens is 300 g/mol. The molecule has 0 aromatic heterocycles. The average molecular weight is 312 g/mol. The third kappa shape index (κ3) is 3.07. The minimum absolute atomic E-state index is 0.256. The normalized spacial score (nSPS) is 10.4. The number of benzene rings is 2. The number of nitrogens with one attached hydrogen (secondary N) is 1. The fourth-order valence-corrected chi connectivity index (χ4v) is 2.00. The Morgan fingerprint density at radius 2 is 1.83 bits per heavy atom. The van der Waals surface area contributed by atoms with Crippen LogP contribution in [0.1, 0.15) is 11.1 Å². The molecular formula is C14H12BrF2N. The number of rotatable bonds is 3. The summed E-state index contributed by atoms with van der Waals surface area (Å²) in [4.78, 5) is 0. The van der Waals surface area contributed by atoms with Gasteiger partial charge in [0, 0.05) is 16.6 Å². The molecule has 0 aliphatic carbocycles. The van der Waals surface area contributed by atoms with E-state index in [4.69, 9.17) is 0 Å². The molecule has 1 N–H and O–H groups in total. The summed E-state index contributed by atoms with van der Waals surface area (Å²) in [6.45, 7) is 2.15. The van der Waals surface area contributed by atoms with Crippen molar-refractivity contribution < 1.29 is 8.78 Å². The molecule has 2 aromatic carbocycles. The van der Waals surface area contributed by atoms with Crippen molar-refractivity contribution in [2.45, 2.75) is 13.5 Å². The van der Waals surface area contributed by atoms with E-state index in [9.17, 15) is 8.78 Å². The van der Waals surface area contributed by atoms with Crippen LogP contribution in [0.3, 0.4) is 0 Å². The molecule has 0 saturated carbocycles. The first-order valence-electron chi connectivity index (χ1n) is 5.50. The number of hydrogen-bond acceptors (Lipinski definition) is 1. The molecule has 0 bridgehead atoms. The van der Waals surface area contributed by atoms with Crippen LogP contribution in [-0.2, 0) is 6.54 Å². The second-order valence-electron chi connectivity index (χ2n) is 4.07. The third-order valence-electron chi connectivity index (χ3n) is 2.60. The Labute approximate surface area is 113 Å². The molecule has 2 rings (SSSR count). The first kappa shape index (κ1) is 13.0. The van der Waals surface area contributed by atoms with Crippen LogP contribution in [0.2, 0.25) is 0 Å². The molecule has 0 spiro atoms. The highest BCUT2D eigenvalue weighted by atomic mass is 79.9. The van der Waals surface area contributed by atoms with Crippen LogP contribution >= 0.6 is 15.9 Å². The summed E-state index contributed by atoms with van der Waals surface area (Å²) >= 11 is 3.19. The van der Waals surface area contributed by atoms with Gasteiger partial charge in [0.05, 0.1) is 5.69 Å². The van der Waals surface area contributed by atoms with Crippen LogP contribution in [0.4, 0.5) is 14.5 Å². The maximum Gasteiger partial charge on any atom is 0.147 e. The van der Waals surface area contributed by atoms with Crippen molar-refractivity contribution in [2.75, 3.05) is 5.32 Å². The number of halogens is 3. The molecule has 2 aromatic rings. The highest BCUT2D eigenvalue weighted by molar-refractivity contribution is 9.10. The highest BCUT2D eigenvalue weighted by Crippen LogP contribution is 2.20. The summed E-state index contributed by atoms with van der Waals surface area (Å²) in [5.74, 6) is -0.650. The largest absolute Gasteiger partial charge is 0.378 e. The summed E-state index contributed by atoms with van der Waals surface area (Å²) in [7, 11) is 0. The van der Waals surface area contributed by atoms with Gasteiger partial charge in [-0.3, -0.25) is 0 Å². The third-order valence-corrected chi connectivity index (χ3v) is 3.09. The molecule has 0 radical (unpaired) electrons. The zero-order valence-corrected chi connectivity index (χ0v) is 11.4. The summed E-state index contributed by atoms with van der Waals surface area (Å²) in [6, 6.07) is 9.60. The summed E-state index contributed by atoms with van der Waals surface area (Å²) in [6.07, 6.45) is 0. The van der Waals surface area contributed by atoms with Crippen molar-refractivity contribution in [1.29, 1.82) is 0 Å². The second-order valence-corrected chi connectivity index (χ2v) is 4.99. The Bertz CT molecular complexity index is 570. The summed E-state index contributed by atoms with van der Waals surface area (Å²) in [5, 5.41) is 2.89. The Balaban J connectivity index is 2.13. The summed E-state index contributed by atoms with van der Waals surface area (Å²) in [5.41, 5.74) is 1.86. The van der Waals surface area contributed by atoms with Crippen LogP contribution in [0.15, 0.2) is 40.9 Å². The van der Waals surface area contributed by atoms with Gasteiger partial charge < -0.3 is 5.32 Å². The van der Waals surface area contributed by atoms with Gasteiger partial charge in [-0.15, -0.1) is 0 Å². The highest BCUT2D eigenvalue weighted by Gasteiger charge is 2.05. The predicted molar refractivity (Wildman–Crippen MR) is 72.6 cm³/mol. The van der Waals surface area contributed by atoms with E-state index in [1.165, 1.54) is 12.1 Å². The Morgan fingerprint density at radius 1 is 1.06 bits per heavy atom. The molecule has 0 aliphatic heterocycles. The maximum absolute atomic E-state index is 13.5. The molecule has 0 heterocycles. The standard InChI is InChI=1S/C14H12BrF2N/c1-9-2-4-12(16)10(6-9)8-18-14-5-3-11(15)7-13(14)17/h2-7,18H,8H2,1H3. The van der Waals surface area contributed by atoms with Gasteiger partial charge >= 0.3 is 0 Å². The first-order valence-corrected chi connectivity index (χ1v) is 6.29. The van der Waals surface area contributed by atoms with Crippen molar-refractivity contribution in [1.82, 2.24) is 0 Å². The van der Waals surface area contributed by atoms with E-state index >= 15 is 0 Å². The summed E-state index contributed by atoms with van der Waals surface area (Å²) < 4.78 is 27.7. The quantitative estimate of drug-likeness (QED) is 0.870. The lowest BCUT2D eigenvalue weighted by atomic mass is 10.1. The van der Waals surface area contributed by atoms with Gasteiger partial charge in [0.15, 0.2) is 0 Å². The van der Waals surface area contributed by atoms with E-state index in [2.05, 4.69) is 21.2 Å². The molecule has 0 fully saturated rings. The molecule has 94 valence electrons. The fourth-order valence-electron chi connectivity index (χ4n) is 1.66. The average Bonchev–Trinajstić information content (AvgIpc) is 2.32. The lowest BCUT2D eigenvalue weighted by molar-refractivity contribution is 0.610. The Morgan fingerprint density at radius 3 is 2.56 bits per heavy atom. The number of hydrogen-bond donors (Lipinski definition) is 1. The maximum atomic E-state index is 13.5. The van der Waals surface area contributed by atoms with Gasteiger partial charge in [-0.25, -0.2) is 8.78 Å². The monoisotopic (exact) mass is 311 g/mol. The molecule has 0 amide bonds. The van der Waals surface area contributed by atoms with Gasteiger partial charge in [-0.2, -0.15) is 0 Å². The zero-order chi connectivity index (χ0) is 13.1. The number of anilines is 1. The SMILES string of the molecule is Cc1ccc(F)c(CNc2ccc(Br)cc2F)c1. The first-order chi connectivity index (χ1) is 8.56. The minimum atomic E-state index is -0.363. The lowest BCUT2D eigenvalue weighted by Gasteiger charge is -2.09. The van der Waals surface area contributed by atoms with Crippen LogP contribution < -0.4 is 5.32 Å². The fraction of sp³-hybridized carbons (Fsp3) is 0.143. The predicted octanol–water partition coefficient (Wildman–Crippen LogP) is 4.65. The molecule has 0 atom stereocenters. The van der Waals surface area contributed by atoms with Gasteiger partial charge in [0.2, 0.25) is 0 Å². The van der Waals surface area contributed by atoms with E-state index in [0.29, 0.717) is 15.7 Å². The molecule has 18 heavy (non-hydrogen) atoms. The smallest absolute Gasteiger partial charge is 0.147 e. The van der Waals surface area contributed by atoms with Gasteiger partial charge in [-0.05, 0) is 31.2 Å². The molecule has 4 heteroatoms. The Kier molecular flexibility index (Phi) is 3.97. The van der Waals surface area contributed by atoms with Gasteiger partial charge in [0.1, 0.15) is 11.6 Å². The molecule has 1 nitrogen and oxygen atoms in total. The van der Waals surface area contributed by atoms with Crippen molar-refractivity contribution >= 4 is 21.6 Å². The van der Waals surface area contributed by atoms with Gasteiger partial charge in [0.25, 0.3) is 0 Å². The van der Waals surface area contributed by atoms with E-state index in [1.54, 1.807) is 24.3 Å². The minimum Gasteiger partial charge on any atom is -0.378 e. The van der Waals surface area contributed by atoms with E-state index in [0.717, 1.165) is 5.56 Å². The molecule has 0 aliphatic rings. The van der Waals surface area contributed by atoms with Crippen LogP contribution in [0, 0.1) is 18.6 Å². The zero-order valence-electron chi connectivity index (χ0n) is 9.81. The lowest BCUT2D eigenvalue weighted by Crippen LogP contribution is -2.03. The van der Waals surface area contributed by atoms with E-state index in [1.807, 2.05) is 6.92 Å². The van der Waals surface area contributed by atoms with E-state index < -0.39 is 0 Å². The van der Waals surface area contributed by atoms with Crippen molar-refractivity contribution in [3.05, 3.63) is 63.6 Å². The van der Waals surface area contributed by atoms with Crippen molar-refractivity contribution in [2.24, 2.45) is 0 Å². The van der Waals surface area contributed by atoms with Crippen LogP contribution in [0.25, 0.3) is 0 Å². The van der Waals surface area contributed by atoms with Crippen LogP contribution in [-0.4, -0.2) is 0 Å². The van der Waals surface area contributed by atoms with Crippen molar-refractivity contribution in [3.8, 4) is 0 Å². The van der Waals surface area contributed by atoms with Crippen LogP contribution in [0.5, 0.6) is 0 Å². The molecule has 0 unspecified atom stereocenters. The topological polar surface area (TPSA) is 12.0 Å². The molecule has 0 saturated heterocycles. The second kappa shape index (κ2) is 5.48. The van der Waals surface area contributed by atoms with Crippen molar-refractivity contribution in [3.63, 3.8) is 0 Å². The Hall–Kier alpha value is -1.42. The number of aryl methyl sites for hydroxylation is 1.